The number of benzene rings is 1. The van der Waals surface area contributed by atoms with Gasteiger partial charge in [-0.25, -0.2) is 0 Å². The number of rotatable bonds is 1. The van der Waals surface area contributed by atoms with Gasteiger partial charge < -0.3 is 19.7 Å². The van der Waals surface area contributed by atoms with Gasteiger partial charge in [-0.1, -0.05) is 18.2 Å². The smallest absolute Gasteiger partial charge is 0.242 e. The van der Waals surface area contributed by atoms with Crippen LogP contribution in [-0.2, 0) is 16.1 Å². The molecule has 0 radical (unpaired) electrons. The Balaban J connectivity index is 0.00000161. The minimum absolute atomic E-state index is 0. The molecule has 3 rings (SSSR count). The van der Waals surface area contributed by atoms with Crippen LogP contribution in [0.15, 0.2) is 24.3 Å². The maximum Gasteiger partial charge on any atom is 0.242 e. The van der Waals surface area contributed by atoms with Crippen LogP contribution in [0.25, 0.3) is 0 Å². The van der Waals surface area contributed by atoms with E-state index in [1.54, 1.807) is 0 Å². The number of carbonyl (C=O) groups is 1. The summed E-state index contributed by atoms with van der Waals surface area (Å²) in [6, 6.07) is 7.63. The van der Waals surface area contributed by atoms with E-state index >= 15 is 0 Å². The number of ether oxygens (including phenoxy) is 2. The van der Waals surface area contributed by atoms with E-state index in [0.29, 0.717) is 26.3 Å². The molecule has 21 heavy (non-hydrogen) atoms. The average molecular weight is 313 g/mol. The maximum atomic E-state index is 12.7. The van der Waals surface area contributed by atoms with E-state index in [4.69, 9.17) is 9.47 Å². The first-order valence-corrected chi connectivity index (χ1v) is 7.10. The molecule has 0 bridgehead atoms. The van der Waals surface area contributed by atoms with Crippen LogP contribution in [-0.4, -0.2) is 49.3 Å². The summed E-state index contributed by atoms with van der Waals surface area (Å²) < 4.78 is 11.3. The minimum Gasteiger partial charge on any atom is -0.491 e. The molecule has 0 saturated carbocycles. The molecule has 0 spiro atoms. The van der Waals surface area contributed by atoms with Gasteiger partial charge in [0.1, 0.15) is 18.4 Å². The molecule has 2 atom stereocenters. The van der Waals surface area contributed by atoms with Crippen LogP contribution >= 0.6 is 12.4 Å². The van der Waals surface area contributed by atoms with Crippen molar-refractivity contribution in [3.05, 3.63) is 29.8 Å². The highest BCUT2D eigenvalue weighted by Crippen LogP contribution is 2.23. The number of carbonyl (C=O) groups excluding carboxylic acids is 1. The summed E-state index contributed by atoms with van der Waals surface area (Å²) in [5.41, 5.74) is 1.06. The van der Waals surface area contributed by atoms with Crippen molar-refractivity contribution in [1.82, 2.24) is 10.2 Å². The molecule has 1 amide bonds. The number of fused-ring (bicyclic) bond motifs is 1. The molecule has 0 unspecified atom stereocenters. The predicted octanol–water partition coefficient (Wildman–Crippen LogP) is 1.21. The minimum atomic E-state index is -0.256. The van der Waals surface area contributed by atoms with Crippen molar-refractivity contribution in [2.75, 3.05) is 26.3 Å². The van der Waals surface area contributed by atoms with Gasteiger partial charge >= 0.3 is 0 Å². The Morgan fingerprint density at radius 2 is 2.14 bits per heavy atom. The summed E-state index contributed by atoms with van der Waals surface area (Å²) >= 11 is 0. The third-order valence-electron chi connectivity index (χ3n) is 3.85. The predicted molar refractivity (Wildman–Crippen MR) is 81.8 cm³/mol. The summed E-state index contributed by atoms with van der Waals surface area (Å²) in [7, 11) is 0. The van der Waals surface area contributed by atoms with Gasteiger partial charge in [0, 0.05) is 18.7 Å². The van der Waals surface area contributed by atoms with Gasteiger partial charge in [-0.15, -0.1) is 12.4 Å². The standard InChI is InChI=1S/C15H20N2O3.ClH/c1-11-14(16-6-8-19-11)15(18)17-7-9-20-13-5-3-2-4-12(13)10-17;/h2-5,11,14,16H,6-10H2,1H3;1H/t11-,14+;/m1./s1. The highest BCUT2D eigenvalue weighted by molar-refractivity contribution is 5.85. The van der Waals surface area contributed by atoms with Crippen LogP contribution in [0.3, 0.4) is 0 Å². The van der Waals surface area contributed by atoms with Crippen molar-refractivity contribution in [1.29, 1.82) is 0 Å². The number of amides is 1. The normalized spacial score (nSPS) is 25.1. The summed E-state index contributed by atoms with van der Waals surface area (Å²) in [6.45, 7) is 5.07. The van der Waals surface area contributed by atoms with Gasteiger partial charge in [0.2, 0.25) is 5.91 Å². The van der Waals surface area contributed by atoms with Crippen molar-refractivity contribution >= 4 is 18.3 Å². The van der Waals surface area contributed by atoms with Crippen molar-refractivity contribution < 1.29 is 14.3 Å². The lowest BCUT2D eigenvalue weighted by molar-refractivity contribution is -0.140. The van der Waals surface area contributed by atoms with Crippen LogP contribution in [0.4, 0.5) is 0 Å². The van der Waals surface area contributed by atoms with Gasteiger partial charge in [0.15, 0.2) is 0 Å². The fourth-order valence-electron chi connectivity index (χ4n) is 2.72. The Labute approximate surface area is 131 Å². The first-order chi connectivity index (χ1) is 9.75. The molecule has 1 N–H and O–H groups in total. The lowest BCUT2D eigenvalue weighted by Crippen LogP contribution is -2.56. The van der Waals surface area contributed by atoms with E-state index in [0.717, 1.165) is 17.9 Å². The van der Waals surface area contributed by atoms with Crippen LogP contribution in [0.5, 0.6) is 5.75 Å². The summed E-state index contributed by atoms with van der Waals surface area (Å²) in [5, 5.41) is 3.25. The molecule has 1 fully saturated rings. The largest absolute Gasteiger partial charge is 0.491 e. The van der Waals surface area contributed by atoms with Crippen molar-refractivity contribution in [2.45, 2.75) is 25.6 Å². The Bertz CT molecular complexity index is 498. The molecule has 2 aliphatic heterocycles. The second kappa shape index (κ2) is 7.11. The van der Waals surface area contributed by atoms with Gasteiger partial charge in [-0.3, -0.25) is 4.79 Å². The van der Waals surface area contributed by atoms with E-state index in [-0.39, 0.29) is 30.5 Å². The van der Waals surface area contributed by atoms with Gasteiger partial charge in [-0.2, -0.15) is 0 Å². The number of hydrogen-bond acceptors (Lipinski definition) is 4. The average Bonchev–Trinajstić information content (AvgIpc) is 2.69. The molecule has 0 aliphatic carbocycles. The Morgan fingerprint density at radius 3 is 2.95 bits per heavy atom. The first-order valence-electron chi connectivity index (χ1n) is 7.10. The van der Waals surface area contributed by atoms with Gasteiger partial charge in [0.05, 0.1) is 19.3 Å². The van der Waals surface area contributed by atoms with Gasteiger partial charge in [0.25, 0.3) is 0 Å². The molecule has 6 heteroatoms. The van der Waals surface area contributed by atoms with Crippen LogP contribution in [0, 0.1) is 0 Å². The molecule has 5 nitrogen and oxygen atoms in total. The third kappa shape index (κ3) is 3.48. The highest BCUT2D eigenvalue weighted by atomic mass is 35.5. The number of nitrogens with zero attached hydrogens (tertiary/aromatic N) is 1. The topological polar surface area (TPSA) is 50.8 Å². The van der Waals surface area contributed by atoms with Crippen LogP contribution in [0.1, 0.15) is 12.5 Å². The fourth-order valence-corrected chi connectivity index (χ4v) is 2.72. The zero-order chi connectivity index (χ0) is 13.9. The monoisotopic (exact) mass is 312 g/mol. The SMILES string of the molecule is C[C@H]1OCCN[C@@H]1C(=O)N1CCOc2ccccc2C1.Cl. The van der Waals surface area contributed by atoms with Crippen molar-refractivity contribution in [2.24, 2.45) is 0 Å². The van der Waals surface area contributed by atoms with Crippen molar-refractivity contribution in [3.63, 3.8) is 0 Å². The zero-order valence-corrected chi connectivity index (χ0v) is 12.9. The van der Waals surface area contributed by atoms with Gasteiger partial charge in [-0.05, 0) is 13.0 Å². The number of halogens is 1. The second-order valence-corrected chi connectivity index (χ2v) is 5.22. The Kier molecular flexibility index (Phi) is 5.45. The van der Waals surface area contributed by atoms with E-state index in [1.807, 2.05) is 36.1 Å². The molecule has 1 aromatic rings. The molecule has 116 valence electrons. The van der Waals surface area contributed by atoms with E-state index in [9.17, 15) is 4.79 Å². The van der Waals surface area contributed by atoms with E-state index in [1.165, 1.54) is 0 Å². The summed E-state index contributed by atoms with van der Waals surface area (Å²) in [6.07, 6.45) is -0.0873. The first kappa shape index (κ1) is 16.1. The number of hydrogen-bond donors (Lipinski definition) is 1. The van der Waals surface area contributed by atoms with Crippen molar-refractivity contribution in [3.8, 4) is 5.75 Å². The number of morpholine rings is 1. The molecule has 0 aromatic heterocycles. The second-order valence-electron chi connectivity index (χ2n) is 5.22. The number of para-hydroxylation sites is 1. The maximum absolute atomic E-state index is 12.7. The number of nitrogens with one attached hydrogen (secondary N) is 1. The molecule has 1 saturated heterocycles. The fraction of sp³-hybridized carbons (Fsp3) is 0.533. The van der Waals surface area contributed by atoms with Crippen LogP contribution < -0.4 is 10.1 Å². The zero-order valence-electron chi connectivity index (χ0n) is 12.1. The highest BCUT2D eigenvalue weighted by Gasteiger charge is 2.32. The Morgan fingerprint density at radius 1 is 1.33 bits per heavy atom. The summed E-state index contributed by atoms with van der Waals surface area (Å²) in [5.74, 6) is 0.973. The molecular weight excluding hydrogens is 292 g/mol. The third-order valence-corrected chi connectivity index (χ3v) is 3.85. The van der Waals surface area contributed by atoms with E-state index in [2.05, 4.69) is 5.32 Å². The molecule has 2 heterocycles. The summed E-state index contributed by atoms with van der Waals surface area (Å²) in [4.78, 5) is 14.5. The van der Waals surface area contributed by atoms with Crippen LogP contribution in [0.2, 0.25) is 0 Å². The molecular formula is C15H21ClN2O3. The Hall–Kier alpha value is -1.30. The molecule has 2 aliphatic rings. The quantitative estimate of drug-likeness (QED) is 0.847. The lowest BCUT2D eigenvalue weighted by Gasteiger charge is -2.33. The lowest BCUT2D eigenvalue weighted by atomic mass is 10.1. The van der Waals surface area contributed by atoms with E-state index < -0.39 is 0 Å². The molecule has 1 aromatic carbocycles.